The Morgan fingerprint density at radius 1 is 1.47 bits per heavy atom. The zero-order valence-corrected chi connectivity index (χ0v) is 12.7. The van der Waals surface area contributed by atoms with Gasteiger partial charge in [-0.15, -0.1) is 0 Å². The summed E-state index contributed by atoms with van der Waals surface area (Å²) in [4.78, 5) is 14.4. The van der Waals surface area contributed by atoms with Crippen molar-refractivity contribution in [3.8, 4) is 0 Å². The molecule has 0 spiro atoms. The first-order chi connectivity index (χ1) is 9.09. The highest BCUT2D eigenvalue weighted by Gasteiger charge is 2.46. The number of carbonyl (C=O) groups is 1. The van der Waals surface area contributed by atoms with Crippen molar-refractivity contribution in [1.82, 2.24) is 10.2 Å². The average molecular weight is 272 g/mol. The molecule has 0 aromatic rings. The molecule has 0 radical (unpaired) electrons. The number of ether oxygens (including phenoxy) is 2. The maximum absolute atomic E-state index is 12.1. The van der Waals surface area contributed by atoms with Crippen LogP contribution in [-0.2, 0) is 14.3 Å². The van der Waals surface area contributed by atoms with Crippen molar-refractivity contribution < 1.29 is 14.3 Å². The van der Waals surface area contributed by atoms with Crippen LogP contribution in [0.15, 0.2) is 0 Å². The van der Waals surface area contributed by atoms with E-state index in [4.69, 9.17) is 9.47 Å². The molecule has 0 heterocycles. The van der Waals surface area contributed by atoms with Gasteiger partial charge in [0.2, 0.25) is 0 Å². The highest BCUT2D eigenvalue weighted by atomic mass is 16.5. The van der Waals surface area contributed by atoms with E-state index >= 15 is 0 Å². The first-order valence-corrected chi connectivity index (χ1v) is 7.12. The van der Waals surface area contributed by atoms with Crippen molar-refractivity contribution in [1.29, 1.82) is 0 Å². The number of nitrogens with one attached hydrogen (secondary N) is 1. The number of methoxy groups -OCH3 is 2. The summed E-state index contributed by atoms with van der Waals surface area (Å²) in [5, 5.41) is 3.40. The van der Waals surface area contributed by atoms with Gasteiger partial charge < -0.3 is 19.7 Å². The third-order valence-corrected chi connectivity index (χ3v) is 4.05. The Hall–Kier alpha value is -0.650. The highest BCUT2D eigenvalue weighted by molar-refractivity contribution is 5.81. The molecule has 0 saturated heterocycles. The lowest BCUT2D eigenvalue weighted by molar-refractivity contribution is -0.148. The second kappa shape index (κ2) is 7.82. The van der Waals surface area contributed by atoms with Crippen molar-refractivity contribution >= 4 is 5.97 Å². The lowest BCUT2D eigenvalue weighted by atomic mass is 9.97. The molecule has 1 aliphatic rings. The number of rotatable bonds is 8. The molecule has 1 rings (SSSR count). The molecule has 0 bridgehead atoms. The summed E-state index contributed by atoms with van der Waals surface area (Å²) in [6.45, 7) is 4.57. The fraction of sp³-hybridized carbons (Fsp3) is 0.929. The molecule has 0 aromatic heterocycles. The summed E-state index contributed by atoms with van der Waals surface area (Å²) in [5.41, 5.74) is -0.489. The van der Waals surface area contributed by atoms with Gasteiger partial charge in [0.25, 0.3) is 0 Å². The van der Waals surface area contributed by atoms with Crippen molar-refractivity contribution in [2.45, 2.75) is 44.2 Å². The number of carbonyl (C=O) groups excluding carboxylic acids is 1. The number of hydrogen-bond acceptors (Lipinski definition) is 5. The van der Waals surface area contributed by atoms with Gasteiger partial charge in [-0.2, -0.15) is 0 Å². The van der Waals surface area contributed by atoms with Gasteiger partial charge in [-0.05, 0) is 39.3 Å². The molecule has 5 nitrogen and oxygen atoms in total. The summed E-state index contributed by atoms with van der Waals surface area (Å²) in [7, 11) is 5.28. The minimum absolute atomic E-state index is 0.122. The van der Waals surface area contributed by atoms with Crippen LogP contribution in [0.4, 0.5) is 0 Å². The number of hydrogen-bond donors (Lipinski definition) is 1. The van der Waals surface area contributed by atoms with E-state index in [1.807, 2.05) is 0 Å². The minimum Gasteiger partial charge on any atom is -0.468 e. The molecule has 2 atom stereocenters. The standard InChI is InChI=1S/C14H28N2O3/c1-5-8-15-14(13(17)19-4)7-6-12(11-14)16(2)9-10-18-3/h12,15H,5-11H2,1-4H3. The van der Waals surface area contributed by atoms with E-state index in [1.165, 1.54) is 7.11 Å². The topological polar surface area (TPSA) is 50.8 Å². The molecule has 1 saturated carbocycles. The van der Waals surface area contributed by atoms with Crippen LogP contribution in [0.1, 0.15) is 32.6 Å². The largest absolute Gasteiger partial charge is 0.468 e. The summed E-state index contributed by atoms with van der Waals surface area (Å²) in [6.07, 6.45) is 3.70. The number of likely N-dealkylation sites (N-methyl/N-ethyl adjacent to an activating group) is 1. The molecule has 5 heteroatoms. The second-order valence-electron chi connectivity index (χ2n) is 5.37. The SMILES string of the molecule is CCCNC1(C(=O)OC)CCC(N(C)CCOC)C1. The molecule has 112 valence electrons. The zero-order valence-electron chi connectivity index (χ0n) is 12.7. The molecule has 0 aliphatic heterocycles. The maximum Gasteiger partial charge on any atom is 0.326 e. The maximum atomic E-state index is 12.1. The molecule has 1 fully saturated rings. The lowest BCUT2D eigenvalue weighted by Crippen LogP contribution is -2.52. The Morgan fingerprint density at radius 3 is 2.79 bits per heavy atom. The third-order valence-electron chi connectivity index (χ3n) is 4.05. The number of nitrogens with zero attached hydrogens (tertiary/aromatic N) is 1. The molecule has 1 N–H and O–H groups in total. The normalized spacial score (nSPS) is 26.9. The zero-order chi connectivity index (χ0) is 14.3. The second-order valence-corrected chi connectivity index (χ2v) is 5.37. The smallest absolute Gasteiger partial charge is 0.326 e. The van der Waals surface area contributed by atoms with Crippen LogP contribution in [0.2, 0.25) is 0 Å². The predicted octanol–water partition coefficient (Wildman–Crippen LogP) is 1.03. The highest BCUT2D eigenvalue weighted by Crippen LogP contribution is 2.33. The van der Waals surface area contributed by atoms with Gasteiger partial charge in [0.15, 0.2) is 0 Å². The van der Waals surface area contributed by atoms with E-state index in [2.05, 4.69) is 24.2 Å². The van der Waals surface area contributed by atoms with Crippen molar-refractivity contribution in [3.63, 3.8) is 0 Å². The average Bonchev–Trinajstić information content (AvgIpc) is 2.87. The van der Waals surface area contributed by atoms with Crippen LogP contribution in [-0.4, -0.2) is 63.4 Å². The van der Waals surface area contributed by atoms with Crippen LogP contribution < -0.4 is 5.32 Å². The molecular weight excluding hydrogens is 244 g/mol. The third kappa shape index (κ3) is 4.16. The van der Waals surface area contributed by atoms with Gasteiger partial charge in [-0.3, -0.25) is 4.79 Å². The monoisotopic (exact) mass is 272 g/mol. The molecule has 19 heavy (non-hydrogen) atoms. The molecule has 2 unspecified atom stereocenters. The summed E-state index contributed by atoms with van der Waals surface area (Å²) in [5.74, 6) is -0.122. The van der Waals surface area contributed by atoms with Gasteiger partial charge in [-0.25, -0.2) is 0 Å². The summed E-state index contributed by atoms with van der Waals surface area (Å²) in [6, 6.07) is 0.415. The lowest BCUT2D eigenvalue weighted by Gasteiger charge is -2.30. The van der Waals surface area contributed by atoms with Crippen LogP contribution in [0.3, 0.4) is 0 Å². The van der Waals surface area contributed by atoms with E-state index in [0.29, 0.717) is 6.04 Å². The van der Waals surface area contributed by atoms with Gasteiger partial charge in [0.1, 0.15) is 5.54 Å². The van der Waals surface area contributed by atoms with Crippen molar-refractivity contribution in [2.24, 2.45) is 0 Å². The molecule has 1 aliphatic carbocycles. The fourth-order valence-corrected chi connectivity index (χ4v) is 2.79. The Morgan fingerprint density at radius 2 is 2.21 bits per heavy atom. The quantitative estimate of drug-likeness (QED) is 0.669. The van der Waals surface area contributed by atoms with E-state index in [9.17, 15) is 4.79 Å². The van der Waals surface area contributed by atoms with Crippen LogP contribution in [0.25, 0.3) is 0 Å². The Kier molecular flexibility index (Phi) is 6.75. The van der Waals surface area contributed by atoms with Crippen LogP contribution in [0, 0.1) is 0 Å². The summed E-state index contributed by atoms with van der Waals surface area (Å²) < 4.78 is 10.1. The first kappa shape index (κ1) is 16.4. The summed E-state index contributed by atoms with van der Waals surface area (Å²) >= 11 is 0. The van der Waals surface area contributed by atoms with Gasteiger partial charge >= 0.3 is 5.97 Å². The molecule has 0 amide bonds. The predicted molar refractivity (Wildman–Crippen MR) is 75.2 cm³/mol. The van der Waals surface area contributed by atoms with E-state index < -0.39 is 5.54 Å². The Balaban J connectivity index is 2.62. The van der Waals surface area contributed by atoms with Crippen molar-refractivity contribution in [2.75, 3.05) is 41.0 Å². The molecule has 0 aromatic carbocycles. The Bertz CT molecular complexity index is 286. The first-order valence-electron chi connectivity index (χ1n) is 7.12. The van der Waals surface area contributed by atoms with Gasteiger partial charge in [-0.1, -0.05) is 6.92 Å². The van der Waals surface area contributed by atoms with Gasteiger partial charge in [0.05, 0.1) is 13.7 Å². The molecular formula is C14H28N2O3. The van der Waals surface area contributed by atoms with E-state index in [-0.39, 0.29) is 5.97 Å². The van der Waals surface area contributed by atoms with Crippen LogP contribution >= 0.6 is 0 Å². The fourth-order valence-electron chi connectivity index (χ4n) is 2.79. The van der Waals surface area contributed by atoms with Crippen molar-refractivity contribution in [3.05, 3.63) is 0 Å². The van der Waals surface area contributed by atoms with Gasteiger partial charge in [0, 0.05) is 19.7 Å². The van der Waals surface area contributed by atoms with E-state index in [0.717, 1.165) is 45.4 Å². The van der Waals surface area contributed by atoms with E-state index in [1.54, 1.807) is 7.11 Å². The number of esters is 1. The minimum atomic E-state index is -0.489. The Labute approximate surface area is 116 Å². The van der Waals surface area contributed by atoms with Crippen LogP contribution in [0.5, 0.6) is 0 Å².